The third-order valence-corrected chi connectivity index (χ3v) is 4.45. The maximum absolute atomic E-state index is 10.0. The molecule has 0 aliphatic carbocycles. The van der Waals surface area contributed by atoms with Gasteiger partial charge in [-0.3, -0.25) is 4.90 Å². The summed E-state index contributed by atoms with van der Waals surface area (Å²) in [5, 5.41) is 10.0. The quantitative estimate of drug-likeness (QED) is 0.802. The Balaban J connectivity index is 1.99. The average molecular weight is 325 g/mol. The summed E-state index contributed by atoms with van der Waals surface area (Å²) in [5.41, 5.74) is 5.16. The van der Waals surface area contributed by atoms with Crippen molar-refractivity contribution in [2.45, 2.75) is 58.7 Å². The molecule has 0 fully saturated rings. The van der Waals surface area contributed by atoms with Gasteiger partial charge in [-0.1, -0.05) is 76.2 Å². The first-order valence-electron chi connectivity index (χ1n) is 8.84. The van der Waals surface area contributed by atoms with Crippen molar-refractivity contribution in [1.82, 2.24) is 4.90 Å². The van der Waals surface area contributed by atoms with Crippen LogP contribution in [0.3, 0.4) is 0 Å². The normalized spacial score (nSPS) is 13.3. The molecule has 24 heavy (non-hydrogen) atoms. The molecule has 1 N–H and O–H groups in total. The Morgan fingerprint density at radius 2 is 1.58 bits per heavy atom. The van der Waals surface area contributed by atoms with Crippen LogP contribution in [-0.4, -0.2) is 17.1 Å². The molecule has 0 spiro atoms. The lowest BCUT2D eigenvalue weighted by Crippen LogP contribution is -2.18. The number of aliphatic hydroxyl groups excluding tert-OH is 1. The van der Waals surface area contributed by atoms with E-state index in [-0.39, 0.29) is 11.5 Å². The standard InChI is InChI=1S/C22H31NO/c1-6-21(24)19-9-7-8-18(14-19)16-23(5)15-17-10-12-20(13-11-17)22(2,3)4/h7-14,21,24H,6,15-16H2,1-5H3. The lowest BCUT2D eigenvalue weighted by Gasteiger charge is -2.21. The smallest absolute Gasteiger partial charge is 0.0787 e. The molecule has 0 heterocycles. The maximum Gasteiger partial charge on any atom is 0.0787 e. The Hall–Kier alpha value is -1.64. The van der Waals surface area contributed by atoms with Crippen molar-refractivity contribution < 1.29 is 5.11 Å². The topological polar surface area (TPSA) is 23.5 Å². The van der Waals surface area contributed by atoms with Crippen LogP contribution in [0.2, 0.25) is 0 Å². The molecule has 1 atom stereocenters. The van der Waals surface area contributed by atoms with Crippen molar-refractivity contribution in [3.63, 3.8) is 0 Å². The summed E-state index contributed by atoms with van der Waals surface area (Å²) >= 11 is 0. The van der Waals surface area contributed by atoms with E-state index in [1.165, 1.54) is 16.7 Å². The highest BCUT2D eigenvalue weighted by Gasteiger charge is 2.13. The summed E-state index contributed by atoms with van der Waals surface area (Å²) in [6.07, 6.45) is 0.388. The molecule has 2 nitrogen and oxygen atoms in total. The molecule has 1 unspecified atom stereocenters. The second-order valence-electron chi connectivity index (χ2n) is 7.79. The van der Waals surface area contributed by atoms with Crippen LogP contribution in [0.15, 0.2) is 48.5 Å². The van der Waals surface area contributed by atoms with E-state index < -0.39 is 0 Å². The van der Waals surface area contributed by atoms with Crippen LogP contribution in [0.1, 0.15) is 62.5 Å². The summed E-state index contributed by atoms with van der Waals surface area (Å²) in [7, 11) is 2.14. The highest BCUT2D eigenvalue weighted by Crippen LogP contribution is 2.23. The molecule has 0 saturated heterocycles. The van der Waals surface area contributed by atoms with Crippen LogP contribution in [-0.2, 0) is 18.5 Å². The van der Waals surface area contributed by atoms with Gasteiger partial charge in [0.05, 0.1) is 6.10 Å². The van der Waals surface area contributed by atoms with Crippen molar-refractivity contribution in [1.29, 1.82) is 0 Å². The molecule has 2 rings (SSSR count). The van der Waals surface area contributed by atoms with E-state index >= 15 is 0 Å². The molecule has 2 aromatic carbocycles. The zero-order valence-corrected chi connectivity index (χ0v) is 15.7. The second-order valence-corrected chi connectivity index (χ2v) is 7.79. The monoisotopic (exact) mass is 325 g/mol. The third kappa shape index (κ3) is 5.19. The van der Waals surface area contributed by atoms with E-state index in [0.29, 0.717) is 0 Å². The van der Waals surface area contributed by atoms with E-state index in [1.807, 2.05) is 19.1 Å². The van der Waals surface area contributed by atoms with Gasteiger partial charge >= 0.3 is 0 Å². The lowest BCUT2D eigenvalue weighted by atomic mass is 9.87. The molecule has 2 heteroatoms. The Bertz CT molecular complexity index is 640. The highest BCUT2D eigenvalue weighted by atomic mass is 16.3. The van der Waals surface area contributed by atoms with Gasteiger partial charge in [0, 0.05) is 13.1 Å². The molecular formula is C22H31NO. The predicted molar refractivity (Wildman–Crippen MR) is 102 cm³/mol. The number of nitrogens with zero attached hydrogens (tertiary/aromatic N) is 1. The van der Waals surface area contributed by atoms with Crippen molar-refractivity contribution in [3.8, 4) is 0 Å². The summed E-state index contributed by atoms with van der Waals surface area (Å²) in [5.74, 6) is 0. The summed E-state index contributed by atoms with van der Waals surface area (Å²) in [4.78, 5) is 2.31. The van der Waals surface area contributed by atoms with E-state index in [9.17, 15) is 5.11 Å². The Morgan fingerprint density at radius 3 is 2.17 bits per heavy atom. The van der Waals surface area contributed by atoms with Crippen LogP contribution in [0.5, 0.6) is 0 Å². The van der Waals surface area contributed by atoms with Gasteiger partial charge in [0.15, 0.2) is 0 Å². The molecule has 0 saturated carbocycles. The van der Waals surface area contributed by atoms with E-state index in [4.69, 9.17) is 0 Å². The van der Waals surface area contributed by atoms with Gasteiger partial charge in [-0.25, -0.2) is 0 Å². The Morgan fingerprint density at radius 1 is 0.958 bits per heavy atom. The van der Waals surface area contributed by atoms with Crippen molar-refractivity contribution in [2.24, 2.45) is 0 Å². The number of benzene rings is 2. The van der Waals surface area contributed by atoms with Gasteiger partial charge in [-0.2, -0.15) is 0 Å². The van der Waals surface area contributed by atoms with Gasteiger partial charge in [-0.05, 0) is 41.1 Å². The average Bonchev–Trinajstić information content (AvgIpc) is 2.54. The molecular weight excluding hydrogens is 294 g/mol. The van der Waals surface area contributed by atoms with Gasteiger partial charge < -0.3 is 5.11 Å². The second kappa shape index (κ2) is 7.96. The molecule has 2 aromatic rings. The summed E-state index contributed by atoms with van der Waals surface area (Å²) in [6.45, 7) is 10.5. The lowest BCUT2D eigenvalue weighted by molar-refractivity contribution is 0.173. The fourth-order valence-electron chi connectivity index (χ4n) is 2.92. The van der Waals surface area contributed by atoms with Gasteiger partial charge in [0.2, 0.25) is 0 Å². The molecule has 0 aromatic heterocycles. The zero-order chi connectivity index (χ0) is 17.7. The highest BCUT2D eigenvalue weighted by molar-refractivity contribution is 5.28. The van der Waals surface area contributed by atoms with E-state index in [1.54, 1.807) is 0 Å². The number of aliphatic hydroxyl groups is 1. The van der Waals surface area contributed by atoms with Gasteiger partial charge in [0.25, 0.3) is 0 Å². The Labute approximate surface area is 147 Å². The van der Waals surface area contributed by atoms with Crippen LogP contribution in [0.25, 0.3) is 0 Å². The number of hydrogen-bond donors (Lipinski definition) is 1. The number of rotatable bonds is 6. The molecule has 130 valence electrons. The Kier molecular flexibility index (Phi) is 6.20. The van der Waals surface area contributed by atoms with Gasteiger partial charge in [-0.15, -0.1) is 0 Å². The molecule has 0 bridgehead atoms. The first-order chi connectivity index (χ1) is 11.3. The van der Waals surface area contributed by atoms with Crippen molar-refractivity contribution >= 4 is 0 Å². The molecule has 0 amide bonds. The minimum atomic E-state index is -0.361. The van der Waals surface area contributed by atoms with Crippen LogP contribution in [0.4, 0.5) is 0 Å². The minimum Gasteiger partial charge on any atom is -0.388 e. The fourth-order valence-corrected chi connectivity index (χ4v) is 2.92. The zero-order valence-electron chi connectivity index (χ0n) is 15.7. The van der Waals surface area contributed by atoms with E-state index in [2.05, 4.69) is 69.1 Å². The minimum absolute atomic E-state index is 0.199. The van der Waals surface area contributed by atoms with Crippen LogP contribution in [0, 0.1) is 0 Å². The first kappa shape index (κ1) is 18.7. The SMILES string of the molecule is CCC(O)c1cccc(CN(C)Cc2ccc(C(C)(C)C)cc2)c1. The molecule has 0 radical (unpaired) electrons. The molecule has 0 aliphatic heterocycles. The van der Waals surface area contributed by atoms with Crippen LogP contribution >= 0.6 is 0 Å². The third-order valence-electron chi connectivity index (χ3n) is 4.45. The summed E-state index contributed by atoms with van der Waals surface area (Å²) in [6, 6.07) is 17.2. The predicted octanol–water partition coefficient (Wildman–Crippen LogP) is 5.06. The first-order valence-corrected chi connectivity index (χ1v) is 8.84. The number of hydrogen-bond acceptors (Lipinski definition) is 2. The fraction of sp³-hybridized carbons (Fsp3) is 0.455. The van der Waals surface area contributed by atoms with Crippen LogP contribution < -0.4 is 0 Å². The van der Waals surface area contributed by atoms with Gasteiger partial charge in [0.1, 0.15) is 0 Å². The van der Waals surface area contributed by atoms with Crippen molar-refractivity contribution in [2.75, 3.05) is 7.05 Å². The largest absolute Gasteiger partial charge is 0.388 e. The maximum atomic E-state index is 10.0. The summed E-state index contributed by atoms with van der Waals surface area (Å²) < 4.78 is 0. The molecule has 0 aliphatic rings. The van der Waals surface area contributed by atoms with E-state index in [0.717, 1.165) is 25.1 Å². The van der Waals surface area contributed by atoms with Crippen molar-refractivity contribution in [3.05, 3.63) is 70.8 Å².